The Labute approximate surface area is 75.8 Å². The van der Waals surface area contributed by atoms with Crippen LogP contribution in [0.3, 0.4) is 0 Å². The fraction of sp³-hybridized carbons (Fsp3) is 0.250. The SMILES string of the molecule is CN(CC(=O)O)c1ncccc1N. The van der Waals surface area contributed by atoms with Crippen LogP contribution in [0.15, 0.2) is 18.3 Å². The molecule has 0 aliphatic rings. The van der Waals surface area contributed by atoms with Crippen molar-refractivity contribution in [2.45, 2.75) is 0 Å². The van der Waals surface area contributed by atoms with E-state index < -0.39 is 5.97 Å². The van der Waals surface area contributed by atoms with E-state index in [0.29, 0.717) is 11.5 Å². The molecule has 0 amide bonds. The van der Waals surface area contributed by atoms with Gasteiger partial charge in [0.15, 0.2) is 5.82 Å². The molecular weight excluding hydrogens is 170 g/mol. The van der Waals surface area contributed by atoms with Crippen molar-refractivity contribution < 1.29 is 9.90 Å². The molecule has 0 aliphatic heterocycles. The van der Waals surface area contributed by atoms with Crippen molar-refractivity contribution in [2.24, 2.45) is 0 Å². The molecule has 13 heavy (non-hydrogen) atoms. The Morgan fingerprint density at radius 3 is 3.00 bits per heavy atom. The summed E-state index contributed by atoms with van der Waals surface area (Å²) in [5.74, 6) is -0.419. The molecule has 1 aromatic rings. The van der Waals surface area contributed by atoms with E-state index in [1.807, 2.05) is 0 Å². The molecule has 0 saturated carbocycles. The molecule has 0 unspecified atom stereocenters. The number of rotatable bonds is 3. The van der Waals surface area contributed by atoms with E-state index in [-0.39, 0.29) is 6.54 Å². The molecule has 0 bridgehead atoms. The highest BCUT2D eigenvalue weighted by molar-refractivity contribution is 5.75. The van der Waals surface area contributed by atoms with Gasteiger partial charge in [0.05, 0.1) is 5.69 Å². The number of hydrogen-bond acceptors (Lipinski definition) is 4. The van der Waals surface area contributed by atoms with E-state index >= 15 is 0 Å². The van der Waals surface area contributed by atoms with Crippen LogP contribution in [0, 0.1) is 0 Å². The van der Waals surface area contributed by atoms with E-state index in [2.05, 4.69) is 4.98 Å². The van der Waals surface area contributed by atoms with Gasteiger partial charge in [0, 0.05) is 13.2 Å². The summed E-state index contributed by atoms with van der Waals surface area (Å²) in [6, 6.07) is 3.38. The molecule has 1 heterocycles. The summed E-state index contributed by atoms with van der Waals surface area (Å²) in [5, 5.41) is 8.53. The number of carboxylic acid groups (broad SMARTS) is 1. The molecule has 1 aromatic heterocycles. The number of anilines is 2. The number of nitrogen functional groups attached to an aromatic ring is 1. The van der Waals surface area contributed by atoms with Crippen molar-refractivity contribution in [1.82, 2.24) is 4.98 Å². The highest BCUT2D eigenvalue weighted by atomic mass is 16.4. The molecule has 0 fully saturated rings. The minimum absolute atomic E-state index is 0.110. The highest BCUT2D eigenvalue weighted by Gasteiger charge is 2.08. The first-order valence-electron chi connectivity index (χ1n) is 3.74. The lowest BCUT2D eigenvalue weighted by molar-refractivity contribution is -0.135. The van der Waals surface area contributed by atoms with Crippen LogP contribution in [-0.4, -0.2) is 29.7 Å². The van der Waals surface area contributed by atoms with Gasteiger partial charge in [-0.2, -0.15) is 0 Å². The van der Waals surface area contributed by atoms with Crippen LogP contribution in [0.4, 0.5) is 11.5 Å². The van der Waals surface area contributed by atoms with Gasteiger partial charge in [0.25, 0.3) is 0 Å². The largest absolute Gasteiger partial charge is 0.480 e. The Balaban J connectivity index is 2.82. The predicted octanol–water partition coefficient (Wildman–Crippen LogP) is 0.185. The molecule has 0 radical (unpaired) electrons. The normalized spacial score (nSPS) is 9.62. The third kappa shape index (κ3) is 2.33. The van der Waals surface area contributed by atoms with Gasteiger partial charge in [0.2, 0.25) is 0 Å². The van der Waals surface area contributed by atoms with Crippen molar-refractivity contribution in [3.05, 3.63) is 18.3 Å². The monoisotopic (exact) mass is 181 g/mol. The predicted molar refractivity (Wildman–Crippen MR) is 49.6 cm³/mol. The maximum absolute atomic E-state index is 10.4. The fourth-order valence-corrected chi connectivity index (χ4v) is 1.01. The lowest BCUT2D eigenvalue weighted by Crippen LogP contribution is -2.26. The van der Waals surface area contributed by atoms with Crippen LogP contribution < -0.4 is 10.6 Å². The minimum atomic E-state index is -0.910. The van der Waals surface area contributed by atoms with Crippen LogP contribution in [0.1, 0.15) is 0 Å². The zero-order valence-corrected chi connectivity index (χ0v) is 7.27. The first kappa shape index (κ1) is 9.31. The minimum Gasteiger partial charge on any atom is -0.480 e. The van der Waals surface area contributed by atoms with Gasteiger partial charge in [-0.15, -0.1) is 0 Å². The number of pyridine rings is 1. The molecule has 0 saturated heterocycles. The van der Waals surface area contributed by atoms with Gasteiger partial charge < -0.3 is 15.7 Å². The molecule has 70 valence electrons. The molecule has 1 rings (SSSR count). The van der Waals surface area contributed by atoms with Gasteiger partial charge in [-0.25, -0.2) is 4.98 Å². The van der Waals surface area contributed by atoms with Crippen LogP contribution in [0.5, 0.6) is 0 Å². The third-order valence-corrected chi connectivity index (χ3v) is 1.55. The van der Waals surface area contributed by atoms with E-state index in [1.165, 1.54) is 4.90 Å². The molecule has 5 nitrogen and oxygen atoms in total. The number of carboxylic acids is 1. The molecule has 5 heteroatoms. The fourth-order valence-electron chi connectivity index (χ4n) is 1.01. The average Bonchev–Trinajstić information content (AvgIpc) is 2.03. The first-order chi connectivity index (χ1) is 6.11. The maximum atomic E-state index is 10.4. The second kappa shape index (κ2) is 3.75. The summed E-state index contributed by atoms with van der Waals surface area (Å²) < 4.78 is 0. The standard InChI is InChI=1S/C8H11N3O2/c1-11(5-7(12)13)8-6(9)3-2-4-10-8/h2-4H,5,9H2,1H3,(H,12,13). The van der Waals surface area contributed by atoms with E-state index in [0.717, 1.165) is 0 Å². The van der Waals surface area contributed by atoms with Gasteiger partial charge in [-0.05, 0) is 12.1 Å². The smallest absolute Gasteiger partial charge is 0.323 e. The van der Waals surface area contributed by atoms with Gasteiger partial charge in [-0.1, -0.05) is 0 Å². The number of nitrogens with zero attached hydrogens (tertiary/aromatic N) is 2. The molecule has 0 aliphatic carbocycles. The number of carbonyl (C=O) groups is 1. The first-order valence-corrected chi connectivity index (χ1v) is 3.74. The van der Waals surface area contributed by atoms with Crippen LogP contribution in [0.2, 0.25) is 0 Å². The van der Waals surface area contributed by atoms with E-state index in [1.54, 1.807) is 25.4 Å². The summed E-state index contributed by atoms with van der Waals surface area (Å²) in [6.45, 7) is -0.110. The Morgan fingerprint density at radius 2 is 2.46 bits per heavy atom. The van der Waals surface area contributed by atoms with Crippen LogP contribution in [0.25, 0.3) is 0 Å². The number of likely N-dealkylation sites (N-methyl/N-ethyl adjacent to an activating group) is 1. The average molecular weight is 181 g/mol. The van der Waals surface area contributed by atoms with E-state index in [9.17, 15) is 4.79 Å². The van der Waals surface area contributed by atoms with Gasteiger partial charge in [0.1, 0.15) is 6.54 Å². The third-order valence-electron chi connectivity index (χ3n) is 1.55. The maximum Gasteiger partial charge on any atom is 0.323 e. The zero-order chi connectivity index (χ0) is 9.84. The van der Waals surface area contributed by atoms with Crippen molar-refractivity contribution in [2.75, 3.05) is 24.2 Å². The highest BCUT2D eigenvalue weighted by Crippen LogP contribution is 2.16. The molecular formula is C8H11N3O2. The molecule has 0 aromatic carbocycles. The topological polar surface area (TPSA) is 79.5 Å². The summed E-state index contributed by atoms with van der Waals surface area (Å²) in [6.07, 6.45) is 1.57. The quantitative estimate of drug-likeness (QED) is 0.695. The van der Waals surface area contributed by atoms with Crippen molar-refractivity contribution >= 4 is 17.5 Å². The second-order valence-corrected chi connectivity index (χ2v) is 2.67. The Bertz CT molecular complexity index is 314. The molecule has 0 atom stereocenters. The van der Waals surface area contributed by atoms with Gasteiger partial charge in [-0.3, -0.25) is 4.79 Å². The van der Waals surface area contributed by atoms with Crippen molar-refractivity contribution in [1.29, 1.82) is 0 Å². The summed E-state index contributed by atoms with van der Waals surface area (Å²) in [4.78, 5) is 15.8. The summed E-state index contributed by atoms with van der Waals surface area (Å²) in [5.41, 5.74) is 6.08. The Kier molecular flexibility index (Phi) is 2.69. The van der Waals surface area contributed by atoms with Crippen molar-refractivity contribution in [3.8, 4) is 0 Å². The number of hydrogen-bond donors (Lipinski definition) is 2. The van der Waals surface area contributed by atoms with Crippen LogP contribution >= 0.6 is 0 Å². The lowest BCUT2D eigenvalue weighted by atomic mass is 10.3. The Hall–Kier alpha value is -1.78. The molecule has 3 N–H and O–H groups in total. The zero-order valence-electron chi connectivity index (χ0n) is 7.27. The summed E-state index contributed by atoms with van der Waals surface area (Å²) in [7, 11) is 1.63. The second-order valence-electron chi connectivity index (χ2n) is 2.67. The molecule has 0 spiro atoms. The number of nitrogens with two attached hydrogens (primary N) is 1. The number of aliphatic carboxylic acids is 1. The van der Waals surface area contributed by atoms with Crippen molar-refractivity contribution in [3.63, 3.8) is 0 Å². The Morgan fingerprint density at radius 1 is 1.77 bits per heavy atom. The van der Waals surface area contributed by atoms with E-state index in [4.69, 9.17) is 10.8 Å². The number of aromatic nitrogens is 1. The lowest BCUT2D eigenvalue weighted by Gasteiger charge is -2.16. The summed E-state index contributed by atoms with van der Waals surface area (Å²) >= 11 is 0. The van der Waals surface area contributed by atoms with Gasteiger partial charge >= 0.3 is 5.97 Å². The van der Waals surface area contributed by atoms with Crippen LogP contribution in [-0.2, 0) is 4.79 Å².